The molecular formula is C45H37BN4O5S. The summed E-state index contributed by atoms with van der Waals surface area (Å²) in [7, 11) is -5.00. The fourth-order valence-electron chi connectivity index (χ4n) is 5.54. The molecule has 0 aliphatic carbocycles. The highest BCUT2D eigenvalue weighted by Gasteiger charge is 2.15. The molecule has 0 aliphatic rings. The first kappa shape index (κ1) is 38.9. The maximum atomic E-state index is 11.3. The zero-order chi connectivity index (χ0) is 39.2. The van der Waals surface area contributed by atoms with Crippen molar-refractivity contribution in [3.05, 3.63) is 194 Å². The minimum Gasteiger partial charge on any atom is -0.423 e. The van der Waals surface area contributed by atoms with E-state index in [1.54, 1.807) is 24.3 Å². The first-order valence-corrected chi connectivity index (χ1v) is 19.4. The van der Waals surface area contributed by atoms with Crippen LogP contribution in [0.5, 0.6) is 5.88 Å². The summed E-state index contributed by atoms with van der Waals surface area (Å²) < 4.78 is 27.5. The molecule has 0 radical (unpaired) electrons. The minimum absolute atomic E-state index is 0.0500. The average molecular weight is 757 g/mol. The summed E-state index contributed by atoms with van der Waals surface area (Å²) >= 11 is 0. The number of benzene rings is 6. The van der Waals surface area contributed by atoms with Gasteiger partial charge in [-0.1, -0.05) is 182 Å². The van der Waals surface area contributed by atoms with Crippen LogP contribution in [-0.4, -0.2) is 51.8 Å². The number of nitrogens with zero attached hydrogens (tertiary/aromatic N) is 4. The van der Waals surface area contributed by atoms with Crippen molar-refractivity contribution in [2.75, 3.05) is 6.26 Å². The van der Waals surface area contributed by atoms with E-state index in [-0.39, 0.29) is 5.88 Å². The van der Waals surface area contributed by atoms with Gasteiger partial charge in [0, 0.05) is 27.8 Å². The van der Waals surface area contributed by atoms with Gasteiger partial charge < -0.3 is 14.2 Å². The maximum Gasteiger partial charge on any atom is 0.488 e. The molecule has 0 saturated heterocycles. The molecule has 56 heavy (non-hydrogen) atoms. The SMILES string of the molecule is CS(=O)(=O)Oc1cnc(-c2ccccc2)c(-c2ccccc2)n1.OB(O)c1ccccc1.c1ccc(-c2cnc(-c3ccccc3)c(-c3ccccc3)n2)cc1. The lowest BCUT2D eigenvalue weighted by atomic mass is 9.81. The second kappa shape index (κ2) is 19.0. The Labute approximate surface area is 327 Å². The van der Waals surface area contributed by atoms with Gasteiger partial charge in [0.1, 0.15) is 5.69 Å². The molecule has 0 unspecified atom stereocenters. The summed E-state index contributed by atoms with van der Waals surface area (Å²) in [6.45, 7) is 0. The van der Waals surface area contributed by atoms with Crippen LogP contribution >= 0.6 is 0 Å². The first-order valence-electron chi connectivity index (χ1n) is 17.6. The Morgan fingerprint density at radius 2 is 0.786 bits per heavy atom. The van der Waals surface area contributed by atoms with Gasteiger partial charge in [0.25, 0.3) is 5.88 Å². The molecule has 6 aromatic carbocycles. The Balaban J connectivity index is 0.000000156. The summed E-state index contributed by atoms with van der Waals surface area (Å²) in [6, 6.07) is 58.3. The van der Waals surface area contributed by atoms with Gasteiger partial charge in [0.05, 0.1) is 41.4 Å². The van der Waals surface area contributed by atoms with Crippen LogP contribution in [0.1, 0.15) is 0 Å². The highest BCUT2D eigenvalue weighted by atomic mass is 32.2. The molecule has 276 valence electrons. The van der Waals surface area contributed by atoms with Gasteiger partial charge in [0.2, 0.25) is 0 Å². The van der Waals surface area contributed by atoms with Crippen LogP contribution < -0.4 is 9.65 Å². The predicted octanol–water partition coefficient (Wildman–Crippen LogP) is 7.99. The third-order valence-electron chi connectivity index (χ3n) is 8.12. The van der Waals surface area contributed by atoms with Gasteiger partial charge in [-0.05, 0) is 5.46 Å². The summed E-state index contributed by atoms with van der Waals surface area (Å²) in [5.74, 6) is -0.0500. The Hall–Kier alpha value is -6.79. The fraction of sp³-hybridized carbons (Fsp3) is 0.0222. The van der Waals surface area contributed by atoms with Gasteiger partial charge >= 0.3 is 17.2 Å². The van der Waals surface area contributed by atoms with Crippen LogP contribution in [0.4, 0.5) is 0 Å². The number of rotatable bonds is 8. The van der Waals surface area contributed by atoms with E-state index in [0.29, 0.717) is 16.9 Å². The van der Waals surface area contributed by atoms with Crippen LogP contribution in [-0.2, 0) is 10.1 Å². The second-order valence-electron chi connectivity index (χ2n) is 12.3. The summed E-state index contributed by atoms with van der Waals surface area (Å²) in [5.41, 5.74) is 9.39. The van der Waals surface area contributed by atoms with Crippen molar-refractivity contribution < 1.29 is 22.6 Å². The van der Waals surface area contributed by atoms with E-state index in [1.165, 1.54) is 6.20 Å². The molecule has 0 saturated carbocycles. The molecule has 8 aromatic rings. The van der Waals surface area contributed by atoms with E-state index in [2.05, 4.69) is 46.4 Å². The monoisotopic (exact) mass is 756 g/mol. The Morgan fingerprint density at radius 1 is 0.446 bits per heavy atom. The van der Waals surface area contributed by atoms with Crippen molar-refractivity contribution >= 4 is 22.7 Å². The molecule has 2 heterocycles. The normalized spacial score (nSPS) is 10.6. The largest absolute Gasteiger partial charge is 0.488 e. The zero-order valence-electron chi connectivity index (χ0n) is 30.4. The van der Waals surface area contributed by atoms with Crippen molar-refractivity contribution in [3.63, 3.8) is 0 Å². The molecule has 8 rings (SSSR count). The molecule has 11 heteroatoms. The Bertz CT molecular complexity index is 2540. The van der Waals surface area contributed by atoms with Gasteiger partial charge in [0.15, 0.2) is 0 Å². The van der Waals surface area contributed by atoms with E-state index >= 15 is 0 Å². The van der Waals surface area contributed by atoms with E-state index in [9.17, 15) is 8.42 Å². The van der Waals surface area contributed by atoms with Gasteiger partial charge in [-0.2, -0.15) is 8.42 Å². The smallest absolute Gasteiger partial charge is 0.423 e. The van der Waals surface area contributed by atoms with Crippen molar-refractivity contribution in [1.82, 2.24) is 19.9 Å². The molecule has 0 aliphatic heterocycles. The predicted molar refractivity (Wildman–Crippen MR) is 223 cm³/mol. The molecule has 9 nitrogen and oxygen atoms in total. The lowest BCUT2D eigenvalue weighted by Gasteiger charge is -2.11. The summed E-state index contributed by atoms with van der Waals surface area (Å²) in [5, 5.41) is 17.2. The molecule has 0 atom stereocenters. The standard InChI is InChI=1S/C22H16N2.C17H14N2O3S.C6H7BO2/c1-4-10-17(11-5-1)20-16-23-21(18-12-6-2-7-13-18)22(24-20)19-14-8-3-9-15-19;1-23(20,21)22-15-12-18-16(13-8-4-2-5-9-13)17(19-15)14-10-6-3-7-11-14;8-7(9)6-4-2-1-3-5-6/h1-16H;2-12H,1H3;1-5,8-9H. The molecule has 0 amide bonds. The van der Waals surface area contributed by atoms with Crippen LogP contribution in [0.2, 0.25) is 0 Å². The first-order chi connectivity index (χ1) is 27.2. The highest BCUT2D eigenvalue weighted by Crippen LogP contribution is 2.32. The third-order valence-corrected chi connectivity index (χ3v) is 8.59. The minimum atomic E-state index is -3.66. The van der Waals surface area contributed by atoms with Crippen LogP contribution in [0.15, 0.2) is 194 Å². The fourth-order valence-corrected chi connectivity index (χ4v) is 5.93. The van der Waals surface area contributed by atoms with E-state index in [0.717, 1.165) is 51.2 Å². The molecule has 2 aromatic heterocycles. The number of hydrogen-bond donors (Lipinski definition) is 2. The number of hydrogen-bond acceptors (Lipinski definition) is 9. The van der Waals surface area contributed by atoms with Gasteiger partial charge in [-0.15, -0.1) is 0 Å². The maximum absolute atomic E-state index is 11.3. The van der Waals surface area contributed by atoms with Crippen molar-refractivity contribution in [2.24, 2.45) is 0 Å². The van der Waals surface area contributed by atoms with Gasteiger partial charge in [-0.25, -0.2) is 15.0 Å². The lowest BCUT2D eigenvalue weighted by Crippen LogP contribution is -2.29. The summed E-state index contributed by atoms with van der Waals surface area (Å²) in [4.78, 5) is 18.4. The second-order valence-corrected chi connectivity index (χ2v) is 13.8. The van der Waals surface area contributed by atoms with Crippen LogP contribution in [0, 0.1) is 0 Å². The highest BCUT2D eigenvalue weighted by molar-refractivity contribution is 7.86. The van der Waals surface area contributed by atoms with Crippen LogP contribution in [0.3, 0.4) is 0 Å². The quantitative estimate of drug-likeness (QED) is 0.117. The topological polar surface area (TPSA) is 135 Å². The van der Waals surface area contributed by atoms with Crippen LogP contribution in [0.25, 0.3) is 56.3 Å². The molecule has 0 bridgehead atoms. The average Bonchev–Trinajstić information content (AvgIpc) is 3.25. The Kier molecular flexibility index (Phi) is 13.2. The van der Waals surface area contributed by atoms with Crippen molar-refractivity contribution in [3.8, 4) is 62.2 Å². The lowest BCUT2D eigenvalue weighted by molar-refractivity contribution is 0.425. The summed E-state index contributed by atoms with van der Waals surface area (Å²) in [6.07, 6.45) is 4.14. The van der Waals surface area contributed by atoms with E-state index in [1.807, 2.05) is 128 Å². The van der Waals surface area contributed by atoms with E-state index in [4.69, 9.17) is 24.2 Å². The number of aromatic nitrogens is 4. The molecule has 2 N–H and O–H groups in total. The van der Waals surface area contributed by atoms with E-state index < -0.39 is 17.2 Å². The zero-order valence-corrected chi connectivity index (χ0v) is 31.2. The van der Waals surface area contributed by atoms with Crippen molar-refractivity contribution in [1.29, 1.82) is 0 Å². The van der Waals surface area contributed by atoms with Gasteiger partial charge in [-0.3, -0.25) is 4.98 Å². The van der Waals surface area contributed by atoms with Crippen molar-refractivity contribution in [2.45, 2.75) is 0 Å². The molecule has 0 fully saturated rings. The molecule has 0 spiro atoms. The Morgan fingerprint density at radius 3 is 1.16 bits per heavy atom. The third kappa shape index (κ3) is 10.9. The molecular weight excluding hydrogens is 719 g/mol.